The lowest BCUT2D eigenvalue weighted by atomic mass is 10.1. The van der Waals surface area contributed by atoms with E-state index in [0.717, 1.165) is 17.5 Å². The molecule has 0 bridgehead atoms. The number of pyridine rings is 1. The Labute approximate surface area is 187 Å². The van der Waals surface area contributed by atoms with Gasteiger partial charge in [0.05, 0.1) is 5.69 Å². The number of fused-ring (bicyclic) bond motifs is 1. The predicted molar refractivity (Wildman–Crippen MR) is 117 cm³/mol. The number of nitrogens with zero attached hydrogens (tertiary/aromatic N) is 2. The summed E-state index contributed by atoms with van der Waals surface area (Å²) in [6.45, 7) is 0.475. The van der Waals surface area contributed by atoms with Crippen LogP contribution in [0, 0.1) is 11.6 Å². The number of ether oxygens (including phenoxy) is 2. The molecule has 33 heavy (non-hydrogen) atoms. The van der Waals surface area contributed by atoms with Gasteiger partial charge >= 0.3 is 5.97 Å². The summed E-state index contributed by atoms with van der Waals surface area (Å²) in [5.74, 6) is -3.80. The minimum atomic E-state index is -0.920. The van der Waals surface area contributed by atoms with Gasteiger partial charge in [0.25, 0.3) is 0 Å². The molecule has 2 aromatic heterocycles. The van der Waals surface area contributed by atoms with Gasteiger partial charge in [-0.05, 0) is 44.4 Å². The Hall–Kier alpha value is -4.05. The fraction of sp³-hybridized carbons (Fsp3) is 0.174. The lowest BCUT2D eigenvalue weighted by Crippen LogP contribution is -2.23. The van der Waals surface area contributed by atoms with Crippen LogP contribution in [0.1, 0.15) is 5.56 Å². The Morgan fingerprint density at radius 3 is 2.88 bits per heavy atom. The zero-order valence-corrected chi connectivity index (χ0v) is 17.8. The van der Waals surface area contributed by atoms with Gasteiger partial charge in [0.2, 0.25) is 11.7 Å². The maximum atomic E-state index is 14.2. The van der Waals surface area contributed by atoms with Gasteiger partial charge in [0.1, 0.15) is 23.9 Å². The Morgan fingerprint density at radius 2 is 2.12 bits per heavy atom. The van der Waals surface area contributed by atoms with E-state index in [1.54, 1.807) is 37.5 Å². The van der Waals surface area contributed by atoms with Gasteiger partial charge in [-0.2, -0.15) is 0 Å². The number of esters is 1. The molecule has 0 atom stereocenters. The van der Waals surface area contributed by atoms with Crippen molar-refractivity contribution >= 4 is 34.5 Å². The van der Waals surface area contributed by atoms with Crippen molar-refractivity contribution in [2.24, 2.45) is 0 Å². The topological polar surface area (TPSA) is 96.6 Å². The Bertz CT molecular complexity index is 1300. The molecule has 1 aliphatic heterocycles. The van der Waals surface area contributed by atoms with Crippen molar-refractivity contribution in [3.05, 3.63) is 77.1 Å². The molecule has 0 unspecified atom stereocenters. The third-order valence-electron chi connectivity index (χ3n) is 4.81. The first-order valence-electron chi connectivity index (χ1n) is 9.98. The first-order chi connectivity index (χ1) is 15.8. The smallest absolute Gasteiger partial charge is 0.347 e. The van der Waals surface area contributed by atoms with E-state index < -0.39 is 29.0 Å². The Balaban J connectivity index is 1.67. The predicted octanol–water partition coefficient (Wildman–Crippen LogP) is 3.21. The van der Waals surface area contributed by atoms with E-state index in [9.17, 15) is 18.4 Å². The summed E-state index contributed by atoms with van der Waals surface area (Å²) >= 11 is 0. The second-order valence-corrected chi connectivity index (χ2v) is 7.48. The van der Waals surface area contributed by atoms with Crippen LogP contribution in [0.5, 0.6) is 0 Å². The number of halogens is 2. The summed E-state index contributed by atoms with van der Waals surface area (Å²) in [6.07, 6.45) is 4.71. The van der Waals surface area contributed by atoms with Crippen LogP contribution in [0.2, 0.25) is 0 Å². The fourth-order valence-electron chi connectivity index (χ4n) is 3.15. The van der Waals surface area contributed by atoms with E-state index in [1.165, 1.54) is 6.08 Å². The van der Waals surface area contributed by atoms with Crippen molar-refractivity contribution in [2.45, 2.75) is 0 Å². The van der Waals surface area contributed by atoms with Crippen LogP contribution >= 0.6 is 0 Å². The molecule has 0 aliphatic carbocycles. The van der Waals surface area contributed by atoms with E-state index in [2.05, 4.69) is 15.3 Å². The van der Waals surface area contributed by atoms with Gasteiger partial charge in [-0.1, -0.05) is 0 Å². The first-order valence-corrected chi connectivity index (χ1v) is 9.98. The summed E-state index contributed by atoms with van der Waals surface area (Å²) < 4.78 is 38.3. The molecule has 8 nitrogen and oxygen atoms in total. The van der Waals surface area contributed by atoms with Gasteiger partial charge < -0.3 is 24.7 Å². The molecule has 0 saturated heterocycles. The number of allylic oxidation sites excluding steroid dienone is 1. The number of carbonyl (C=O) groups excluding carboxylic acids is 2. The number of H-pyrrole nitrogens is 1. The molecule has 170 valence electrons. The first kappa shape index (κ1) is 22.2. The van der Waals surface area contributed by atoms with Gasteiger partial charge in [-0.3, -0.25) is 4.79 Å². The standard InChI is InChI=1S/C23H20F2N4O4/c1-29(2)8-9-32-23(31)19-20(30)18(10-13-12-27-21-15(13)4-3-7-26-21)33-22(19)28-17-6-5-14(24)11-16(17)25/h3-7,10-12,28H,8-9H2,1-2H3,(H,26,27). The van der Waals surface area contributed by atoms with Crippen molar-refractivity contribution < 1.29 is 27.8 Å². The highest BCUT2D eigenvalue weighted by molar-refractivity contribution is 6.26. The number of hydrogen-bond donors (Lipinski definition) is 2. The molecule has 3 heterocycles. The molecule has 0 fully saturated rings. The number of benzene rings is 1. The minimum absolute atomic E-state index is 0.0357. The number of carbonyl (C=O) groups is 2. The zero-order chi connectivity index (χ0) is 23.5. The van der Waals surface area contributed by atoms with E-state index in [0.29, 0.717) is 23.8 Å². The van der Waals surface area contributed by atoms with Gasteiger partial charge in [0, 0.05) is 36.0 Å². The van der Waals surface area contributed by atoms with Gasteiger partial charge in [0.15, 0.2) is 11.3 Å². The molecule has 3 aromatic rings. The molecular weight excluding hydrogens is 434 g/mol. The summed E-state index contributed by atoms with van der Waals surface area (Å²) in [4.78, 5) is 34.7. The van der Waals surface area contributed by atoms with Crippen LogP contribution in [0.3, 0.4) is 0 Å². The maximum absolute atomic E-state index is 14.2. The average molecular weight is 454 g/mol. The van der Waals surface area contributed by atoms with Gasteiger partial charge in [-0.15, -0.1) is 0 Å². The summed E-state index contributed by atoms with van der Waals surface area (Å²) in [7, 11) is 3.61. The summed E-state index contributed by atoms with van der Waals surface area (Å²) in [5, 5.41) is 3.30. The van der Waals surface area contributed by atoms with Crippen LogP contribution in [-0.2, 0) is 19.1 Å². The van der Waals surface area contributed by atoms with Crippen molar-refractivity contribution in [1.82, 2.24) is 14.9 Å². The third kappa shape index (κ3) is 4.75. The molecular formula is C23H20F2N4O4. The van der Waals surface area contributed by atoms with E-state index >= 15 is 0 Å². The molecule has 2 N–H and O–H groups in total. The van der Waals surface area contributed by atoms with Crippen LogP contribution < -0.4 is 5.32 Å². The van der Waals surface area contributed by atoms with Crippen molar-refractivity contribution in [3.63, 3.8) is 0 Å². The minimum Gasteiger partial charge on any atom is -0.460 e. The van der Waals surface area contributed by atoms with Crippen LogP contribution in [-0.4, -0.2) is 53.9 Å². The molecule has 1 aliphatic rings. The van der Waals surface area contributed by atoms with Crippen molar-refractivity contribution in [2.75, 3.05) is 32.6 Å². The summed E-state index contributed by atoms with van der Waals surface area (Å²) in [5.41, 5.74) is 0.630. The normalized spacial score (nSPS) is 14.9. The quantitative estimate of drug-likeness (QED) is 0.322. The number of hydrogen-bond acceptors (Lipinski definition) is 7. The number of likely N-dealkylation sites (N-methyl/N-ethyl adjacent to an activating group) is 1. The molecule has 1 aromatic carbocycles. The van der Waals surface area contributed by atoms with Crippen LogP contribution in [0.25, 0.3) is 17.1 Å². The summed E-state index contributed by atoms with van der Waals surface area (Å²) in [6, 6.07) is 6.39. The third-order valence-corrected chi connectivity index (χ3v) is 4.81. The highest BCUT2D eigenvalue weighted by Crippen LogP contribution is 2.31. The molecule has 0 radical (unpaired) electrons. The Kier molecular flexibility index (Phi) is 6.18. The maximum Gasteiger partial charge on any atom is 0.347 e. The van der Waals surface area contributed by atoms with Gasteiger partial charge in [-0.25, -0.2) is 18.6 Å². The largest absolute Gasteiger partial charge is 0.460 e. The average Bonchev–Trinajstić information content (AvgIpc) is 3.31. The highest BCUT2D eigenvalue weighted by Gasteiger charge is 2.37. The van der Waals surface area contributed by atoms with Crippen LogP contribution in [0.15, 0.2) is 59.9 Å². The molecule has 0 spiro atoms. The second kappa shape index (κ2) is 9.21. The fourth-order valence-corrected chi connectivity index (χ4v) is 3.15. The highest BCUT2D eigenvalue weighted by atomic mass is 19.1. The van der Waals surface area contributed by atoms with E-state index in [4.69, 9.17) is 9.47 Å². The number of Topliss-reactive ketones (excluding diaryl/α,β-unsaturated/α-hetero) is 1. The molecule has 0 saturated carbocycles. The van der Waals surface area contributed by atoms with E-state index in [-0.39, 0.29) is 23.9 Å². The van der Waals surface area contributed by atoms with Crippen molar-refractivity contribution in [3.8, 4) is 0 Å². The zero-order valence-electron chi connectivity index (χ0n) is 17.8. The van der Waals surface area contributed by atoms with Crippen molar-refractivity contribution in [1.29, 1.82) is 0 Å². The molecule has 0 amide bonds. The number of aromatic amines is 1. The molecule has 4 rings (SSSR count). The number of anilines is 1. The van der Waals surface area contributed by atoms with E-state index in [1.807, 2.05) is 6.07 Å². The SMILES string of the molecule is CN(C)CCOC(=O)C1=C(Nc2ccc(F)cc2F)OC(=Cc2c[nH]c3ncccc23)C1=O. The number of ketones is 1. The number of nitrogens with one attached hydrogen (secondary N) is 2. The number of rotatable bonds is 7. The second-order valence-electron chi connectivity index (χ2n) is 7.48. The Morgan fingerprint density at radius 1 is 1.30 bits per heavy atom. The van der Waals surface area contributed by atoms with Crippen LogP contribution in [0.4, 0.5) is 14.5 Å². The monoisotopic (exact) mass is 454 g/mol. The number of aromatic nitrogens is 2. The lowest BCUT2D eigenvalue weighted by molar-refractivity contribution is -0.140. The molecule has 10 heteroatoms. The lowest BCUT2D eigenvalue weighted by Gasteiger charge is -2.11.